The molecule has 2 nitrogen and oxygen atoms in total. The van der Waals surface area contributed by atoms with Crippen LogP contribution in [0.15, 0.2) is 42.0 Å². The van der Waals surface area contributed by atoms with Crippen molar-refractivity contribution in [2.75, 3.05) is 0 Å². The Morgan fingerprint density at radius 3 is 2.56 bits per heavy atom. The molecule has 0 amide bonds. The van der Waals surface area contributed by atoms with E-state index in [4.69, 9.17) is 4.74 Å². The number of aromatic hydroxyl groups is 1. The highest BCUT2D eigenvalue weighted by Crippen LogP contribution is 2.53. The van der Waals surface area contributed by atoms with Crippen molar-refractivity contribution in [3.05, 3.63) is 64.5 Å². The van der Waals surface area contributed by atoms with Gasteiger partial charge in [0.25, 0.3) is 0 Å². The number of phenolic OH excluding ortho intramolecular Hbond substituents is 1. The lowest BCUT2D eigenvalue weighted by Crippen LogP contribution is -2.33. The Bertz CT molecular complexity index is 893. The summed E-state index contributed by atoms with van der Waals surface area (Å²) in [6.07, 6.45) is 4.84. The van der Waals surface area contributed by atoms with E-state index in [1.54, 1.807) is 0 Å². The minimum atomic E-state index is -0.313. The third-order valence-electron chi connectivity index (χ3n) is 5.99. The summed E-state index contributed by atoms with van der Waals surface area (Å²) in [7, 11) is 0. The van der Waals surface area contributed by atoms with Crippen molar-refractivity contribution in [1.29, 1.82) is 0 Å². The molecule has 0 aromatic heterocycles. The maximum absolute atomic E-state index is 13.0. The molecule has 0 radical (unpaired) electrons. The molecule has 2 aromatic carbocycles. The van der Waals surface area contributed by atoms with E-state index in [2.05, 4.69) is 26.8 Å². The standard InChI is InChI=1S/C24H27FO2/c1-15-7-12-19-22(15)23-20(26)13-17(14-21(23)27-24(19,2)3)6-4-5-16-8-10-18(25)11-9-16/h8-11,13-15,26H,4-7,12H2,1-3H3. The van der Waals surface area contributed by atoms with Gasteiger partial charge in [0.15, 0.2) is 0 Å². The average Bonchev–Trinajstić information content (AvgIpc) is 2.99. The lowest BCUT2D eigenvalue weighted by Gasteiger charge is -2.36. The quantitative estimate of drug-likeness (QED) is 0.712. The molecule has 0 bridgehead atoms. The molecule has 1 aliphatic carbocycles. The van der Waals surface area contributed by atoms with Gasteiger partial charge in [0, 0.05) is 0 Å². The zero-order valence-electron chi connectivity index (χ0n) is 16.3. The van der Waals surface area contributed by atoms with Gasteiger partial charge in [0.2, 0.25) is 0 Å². The Morgan fingerprint density at radius 1 is 1.11 bits per heavy atom. The summed E-state index contributed by atoms with van der Waals surface area (Å²) in [5.41, 5.74) is 5.42. The van der Waals surface area contributed by atoms with E-state index in [9.17, 15) is 9.50 Å². The molecule has 4 rings (SSSR count). The fourth-order valence-corrected chi connectivity index (χ4v) is 4.60. The molecule has 0 fully saturated rings. The number of hydrogen-bond donors (Lipinski definition) is 1. The molecule has 3 heteroatoms. The van der Waals surface area contributed by atoms with Crippen LogP contribution < -0.4 is 4.74 Å². The average molecular weight is 366 g/mol. The number of hydrogen-bond acceptors (Lipinski definition) is 2. The second kappa shape index (κ2) is 6.70. The molecular formula is C24H27FO2. The lowest BCUT2D eigenvalue weighted by atomic mass is 9.84. The molecule has 142 valence electrons. The normalized spacial score (nSPS) is 20.2. The van der Waals surface area contributed by atoms with Crippen molar-refractivity contribution in [3.63, 3.8) is 0 Å². The van der Waals surface area contributed by atoms with E-state index >= 15 is 0 Å². The third kappa shape index (κ3) is 3.36. The number of aryl methyl sites for hydroxylation is 2. The van der Waals surface area contributed by atoms with Crippen molar-refractivity contribution in [2.24, 2.45) is 5.92 Å². The van der Waals surface area contributed by atoms with Crippen LogP contribution in [0, 0.1) is 11.7 Å². The number of fused-ring (bicyclic) bond motifs is 2. The van der Waals surface area contributed by atoms with E-state index in [-0.39, 0.29) is 11.4 Å². The van der Waals surface area contributed by atoms with E-state index in [0.29, 0.717) is 11.7 Å². The Kier molecular flexibility index (Phi) is 4.49. The molecule has 0 saturated heterocycles. The van der Waals surface area contributed by atoms with Crippen LogP contribution in [0.1, 0.15) is 56.7 Å². The van der Waals surface area contributed by atoms with Gasteiger partial charge in [-0.3, -0.25) is 0 Å². The summed E-state index contributed by atoms with van der Waals surface area (Å²) < 4.78 is 19.3. The van der Waals surface area contributed by atoms with Crippen LogP contribution in [-0.2, 0) is 12.8 Å². The summed E-state index contributed by atoms with van der Waals surface area (Å²) in [6.45, 7) is 6.49. The topological polar surface area (TPSA) is 29.5 Å². The summed E-state index contributed by atoms with van der Waals surface area (Å²) in [4.78, 5) is 0. The minimum absolute atomic E-state index is 0.201. The molecule has 1 aliphatic heterocycles. The van der Waals surface area contributed by atoms with E-state index < -0.39 is 0 Å². The number of ether oxygens (including phenoxy) is 1. The van der Waals surface area contributed by atoms with Crippen LogP contribution in [0.4, 0.5) is 4.39 Å². The third-order valence-corrected chi connectivity index (χ3v) is 5.99. The van der Waals surface area contributed by atoms with E-state index in [0.717, 1.165) is 54.5 Å². The number of phenols is 1. The Labute approximate surface area is 160 Å². The second-order valence-corrected chi connectivity index (χ2v) is 8.41. The Morgan fingerprint density at radius 2 is 1.81 bits per heavy atom. The summed E-state index contributed by atoms with van der Waals surface area (Å²) >= 11 is 0. The zero-order chi connectivity index (χ0) is 19.2. The van der Waals surface area contributed by atoms with Gasteiger partial charge in [0.05, 0.1) is 5.56 Å². The van der Waals surface area contributed by atoms with Gasteiger partial charge in [0.1, 0.15) is 22.9 Å². The summed E-state index contributed by atoms with van der Waals surface area (Å²) in [5, 5.41) is 10.8. The van der Waals surface area contributed by atoms with Gasteiger partial charge in [-0.25, -0.2) is 4.39 Å². The van der Waals surface area contributed by atoms with Crippen molar-refractivity contribution < 1.29 is 14.2 Å². The van der Waals surface area contributed by atoms with Crippen molar-refractivity contribution in [1.82, 2.24) is 0 Å². The van der Waals surface area contributed by atoms with Gasteiger partial charge in [-0.15, -0.1) is 0 Å². The Balaban J connectivity index is 1.56. The predicted octanol–water partition coefficient (Wildman–Crippen LogP) is 6.06. The zero-order valence-corrected chi connectivity index (χ0v) is 16.3. The lowest BCUT2D eigenvalue weighted by molar-refractivity contribution is 0.141. The van der Waals surface area contributed by atoms with Crippen molar-refractivity contribution in [3.8, 4) is 11.5 Å². The van der Waals surface area contributed by atoms with Gasteiger partial charge in [-0.2, -0.15) is 0 Å². The number of rotatable bonds is 4. The van der Waals surface area contributed by atoms with E-state index in [1.807, 2.05) is 18.2 Å². The smallest absolute Gasteiger partial charge is 0.132 e. The highest BCUT2D eigenvalue weighted by Gasteiger charge is 2.41. The molecule has 27 heavy (non-hydrogen) atoms. The fraction of sp³-hybridized carbons (Fsp3) is 0.417. The van der Waals surface area contributed by atoms with Crippen molar-refractivity contribution >= 4 is 5.57 Å². The SMILES string of the molecule is CC1CCC2=C1c1c(O)cc(CCCc3ccc(F)cc3)cc1OC2(C)C. The van der Waals surface area contributed by atoms with Crippen LogP contribution in [0.3, 0.4) is 0 Å². The summed E-state index contributed by atoms with van der Waals surface area (Å²) in [6, 6.07) is 10.7. The highest BCUT2D eigenvalue weighted by molar-refractivity contribution is 5.83. The van der Waals surface area contributed by atoms with Crippen LogP contribution in [0.25, 0.3) is 5.57 Å². The van der Waals surface area contributed by atoms with Gasteiger partial charge in [-0.1, -0.05) is 19.1 Å². The first-order chi connectivity index (χ1) is 12.8. The Hall–Kier alpha value is -2.29. The first-order valence-electron chi connectivity index (χ1n) is 9.88. The van der Waals surface area contributed by atoms with Crippen LogP contribution in [0.5, 0.6) is 11.5 Å². The van der Waals surface area contributed by atoms with E-state index in [1.165, 1.54) is 23.3 Å². The number of benzene rings is 2. The van der Waals surface area contributed by atoms with Gasteiger partial charge in [-0.05, 0) is 98.4 Å². The molecule has 2 aromatic rings. The maximum atomic E-state index is 13.0. The monoisotopic (exact) mass is 366 g/mol. The first-order valence-corrected chi connectivity index (χ1v) is 9.88. The molecular weight excluding hydrogens is 339 g/mol. The minimum Gasteiger partial charge on any atom is -0.507 e. The van der Waals surface area contributed by atoms with Gasteiger partial charge < -0.3 is 9.84 Å². The predicted molar refractivity (Wildman–Crippen MR) is 107 cm³/mol. The molecule has 1 atom stereocenters. The van der Waals surface area contributed by atoms with Crippen LogP contribution in [-0.4, -0.2) is 10.7 Å². The summed E-state index contributed by atoms with van der Waals surface area (Å²) in [5.74, 6) is 1.40. The molecule has 1 heterocycles. The molecule has 1 N–H and O–H groups in total. The van der Waals surface area contributed by atoms with Crippen LogP contribution in [0.2, 0.25) is 0 Å². The van der Waals surface area contributed by atoms with Crippen molar-refractivity contribution in [2.45, 2.75) is 58.5 Å². The molecule has 0 spiro atoms. The van der Waals surface area contributed by atoms with Crippen LogP contribution >= 0.6 is 0 Å². The maximum Gasteiger partial charge on any atom is 0.132 e. The van der Waals surface area contributed by atoms with Gasteiger partial charge >= 0.3 is 0 Å². The molecule has 0 saturated carbocycles. The number of allylic oxidation sites excluding steroid dienone is 1. The second-order valence-electron chi connectivity index (χ2n) is 8.41. The molecule has 2 aliphatic rings. The molecule has 1 unspecified atom stereocenters. The largest absolute Gasteiger partial charge is 0.507 e. The number of halogens is 1. The first kappa shape index (κ1) is 18.1. The fourth-order valence-electron chi connectivity index (χ4n) is 4.60. The highest BCUT2D eigenvalue weighted by atomic mass is 19.1.